The highest BCUT2D eigenvalue weighted by Gasteiger charge is 2.16. The van der Waals surface area contributed by atoms with E-state index in [1.54, 1.807) is 24.3 Å². The number of carbonyl (C=O) groups is 2. The van der Waals surface area contributed by atoms with Gasteiger partial charge in [-0.3, -0.25) is 0 Å². The van der Waals surface area contributed by atoms with Gasteiger partial charge in [-0.15, -0.1) is 0 Å². The lowest BCUT2D eigenvalue weighted by atomic mass is 10.1. The average Bonchev–Trinajstić information content (AvgIpc) is 2.60. The largest absolute Gasteiger partial charge is 0.459 e. The highest BCUT2D eigenvalue weighted by molar-refractivity contribution is 5.90. The number of ether oxygens (including phenoxy) is 2. The number of hydrogen-bond donors (Lipinski definition) is 0. The maximum atomic E-state index is 12.1. The van der Waals surface area contributed by atoms with Crippen molar-refractivity contribution in [3.63, 3.8) is 0 Å². The molecule has 0 aliphatic carbocycles. The first kappa shape index (κ1) is 19.7. The van der Waals surface area contributed by atoms with Gasteiger partial charge in [-0.1, -0.05) is 35.4 Å². The zero-order chi connectivity index (χ0) is 19.1. The fraction of sp³-hybridized carbons (Fsp3) is 0.364. The molecule has 0 radical (unpaired) electrons. The first-order valence-corrected chi connectivity index (χ1v) is 8.90. The molecule has 2 aromatic rings. The van der Waals surface area contributed by atoms with E-state index < -0.39 is 0 Å². The van der Waals surface area contributed by atoms with Crippen molar-refractivity contribution in [3.05, 3.63) is 70.8 Å². The molecule has 2 aromatic carbocycles. The lowest BCUT2D eigenvalue weighted by molar-refractivity contribution is 0.0187. The van der Waals surface area contributed by atoms with Crippen LogP contribution in [0.15, 0.2) is 48.5 Å². The van der Waals surface area contributed by atoms with Crippen molar-refractivity contribution in [2.24, 2.45) is 0 Å². The van der Waals surface area contributed by atoms with Gasteiger partial charge < -0.3 is 9.47 Å². The summed E-state index contributed by atoms with van der Waals surface area (Å²) in [5.41, 5.74) is 3.14. The predicted octanol–water partition coefficient (Wildman–Crippen LogP) is 4.87. The molecule has 0 aliphatic heterocycles. The molecule has 26 heavy (non-hydrogen) atoms. The van der Waals surface area contributed by atoms with Crippen molar-refractivity contribution < 1.29 is 19.1 Å². The summed E-state index contributed by atoms with van der Waals surface area (Å²) in [6.07, 6.45) is 0.755. The van der Waals surface area contributed by atoms with E-state index in [4.69, 9.17) is 9.47 Å². The molecule has 0 N–H and O–H groups in total. The van der Waals surface area contributed by atoms with Crippen LogP contribution in [0.4, 0.5) is 0 Å². The Morgan fingerprint density at radius 3 is 1.50 bits per heavy atom. The first-order chi connectivity index (χ1) is 12.3. The van der Waals surface area contributed by atoms with Crippen molar-refractivity contribution in [1.82, 2.24) is 0 Å². The average molecular weight is 354 g/mol. The van der Waals surface area contributed by atoms with Gasteiger partial charge in [-0.05, 0) is 64.8 Å². The summed E-state index contributed by atoms with van der Waals surface area (Å²) >= 11 is 0. The van der Waals surface area contributed by atoms with Crippen LogP contribution in [0.3, 0.4) is 0 Å². The minimum atomic E-state index is -0.328. The van der Waals surface area contributed by atoms with Crippen molar-refractivity contribution in [2.75, 3.05) is 0 Å². The van der Waals surface area contributed by atoms with Crippen LogP contribution in [0.2, 0.25) is 0 Å². The van der Waals surface area contributed by atoms with Crippen LogP contribution in [0.25, 0.3) is 0 Å². The predicted molar refractivity (Wildman–Crippen MR) is 101 cm³/mol. The van der Waals surface area contributed by atoms with Crippen LogP contribution in [-0.2, 0) is 9.47 Å². The van der Waals surface area contributed by atoms with Gasteiger partial charge in [-0.25, -0.2) is 9.59 Å². The van der Waals surface area contributed by atoms with Crippen LogP contribution in [0, 0.1) is 13.8 Å². The van der Waals surface area contributed by atoms with E-state index in [0.717, 1.165) is 11.1 Å². The second kappa shape index (κ2) is 9.18. The molecule has 4 nitrogen and oxygen atoms in total. The van der Waals surface area contributed by atoms with E-state index in [0.29, 0.717) is 24.0 Å². The number of hydrogen-bond acceptors (Lipinski definition) is 4. The lowest BCUT2D eigenvalue weighted by Crippen LogP contribution is -2.20. The number of esters is 2. The summed E-state index contributed by atoms with van der Waals surface area (Å²) in [4.78, 5) is 24.3. The summed E-state index contributed by atoms with van der Waals surface area (Å²) in [5, 5.41) is 0. The maximum absolute atomic E-state index is 12.1. The topological polar surface area (TPSA) is 52.6 Å². The van der Waals surface area contributed by atoms with Gasteiger partial charge in [0.15, 0.2) is 0 Å². The quantitative estimate of drug-likeness (QED) is 0.665. The molecule has 2 rings (SSSR count). The van der Waals surface area contributed by atoms with Crippen LogP contribution in [0.5, 0.6) is 0 Å². The molecule has 2 unspecified atom stereocenters. The van der Waals surface area contributed by atoms with Crippen LogP contribution in [-0.4, -0.2) is 24.1 Å². The fourth-order valence-electron chi connectivity index (χ4n) is 2.63. The SMILES string of the molecule is Cc1cccc(C(=O)OC(C)CCC(C)OC(=O)c2cccc(C)c2)c1. The Morgan fingerprint density at radius 1 is 0.769 bits per heavy atom. The van der Waals surface area contributed by atoms with Gasteiger partial charge in [0.05, 0.1) is 23.3 Å². The third-order valence-electron chi connectivity index (χ3n) is 4.10. The summed E-state index contributed by atoms with van der Waals surface area (Å²) in [5.74, 6) is -0.656. The van der Waals surface area contributed by atoms with Gasteiger partial charge in [0.25, 0.3) is 0 Å². The highest BCUT2D eigenvalue weighted by Crippen LogP contribution is 2.14. The number of rotatable bonds is 7. The van der Waals surface area contributed by atoms with Gasteiger partial charge in [0.2, 0.25) is 0 Å². The normalized spacial score (nSPS) is 12.9. The molecule has 0 aromatic heterocycles. The molecule has 0 aliphatic rings. The molecule has 138 valence electrons. The van der Waals surface area contributed by atoms with Crippen molar-refractivity contribution in [3.8, 4) is 0 Å². The van der Waals surface area contributed by atoms with E-state index in [2.05, 4.69) is 0 Å². The molecule has 0 bridgehead atoms. The van der Waals surface area contributed by atoms with E-state index >= 15 is 0 Å². The second-order valence-electron chi connectivity index (χ2n) is 6.75. The summed E-state index contributed by atoms with van der Waals surface area (Å²) in [6, 6.07) is 14.6. The highest BCUT2D eigenvalue weighted by atomic mass is 16.5. The van der Waals surface area contributed by atoms with Crippen molar-refractivity contribution in [2.45, 2.75) is 52.7 Å². The molecule has 0 heterocycles. The lowest BCUT2D eigenvalue weighted by Gasteiger charge is -2.17. The summed E-state index contributed by atoms with van der Waals surface area (Å²) < 4.78 is 10.9. The monoisotopic (exact) mass is 354 g/mol. The Morgan fingerprint density at radius 2 is 1.15 bits per heavy atom. The van der Waals surface area contributed by atoms with E-state index in [-0.39, 0.29) is 24.1 Å². The number of carbonyl (C=O) groups excluding carboxylic acids is 2. The van der Waals surface area contributed by atoms with E-state index in [9.17, 15) is 9.59 Å². The molecular formula is C22H26O4. The van der Waals surface area contributed by atoms with Gasteiger partial charge in [-0.2, -0.15) is 0 Å². The third-order valence-corrected chi connectivity index (χ3v) is 4.10. The molecule has 0 spiro atoms. The smallest absolute Gasteiger partial charge is 0.338 e. The Hall–Kier alpha value is -2.62. The molecule has 0 fully saturated rings. The molecule has 2 atom stereocenters. The first-order valence-electron chi connectivity index (χ1n) is 8.90. The standard InChI is InChI=1S/C22H26O4/c1-15-7-5-9-19(13-15)21(23)25-17(3)11-12-18(4)26-22(24)20-10-6-8-16(2)14-20/h5-10,13-14,17-18H,11-12H2,1-4H3. The maximum Gasteiger partial charge on any atom is 0.338 e. The summed E-state index contributed by atoms with van der Waals surface area (Å²) in [6.45, 7) is 7.57. The van der Waals surface area contributed by atoms with E-state index in [1.807, 2.05) is 52.0 Å². The van der Waals surface area contributed by atoms with Crippen LogP contribution < -0.4 is 0 Å². The molecule has 4 heteroatoms. The Labute approximate surface area is 155 Å². The number of benzene rings is 2. The van der Waals surface area contributed by atoms with Gasteiger partial charge in [0.1, 0.15) is 0 Å². The van der Waals surface area contributed by atoms with Gasteiger partial charge >= 0.3 is 11.9 Å². The second-order valence-corrected chi connectivity index (χ2v) is 6.75. The Balaban J connectivity index is 1.78. The molecule has 0 saturated heterocycles. The minimum Gasteiger partial charge on any atom is -0.459 e. The van der Waals surface area contributed by atoms with Crippen LogP contribution in [0.1, 0.15) is 58.5 Å². The van der Waals surface area contributed by atoms with Gasteiger partial charge in [0, 0.05) is 0 Å². The van der Waals surface area contributed by atoms with Crippen LogP contribution >= 0.6 is 0 Å². The van der Waals surface area contributed by atoms with E-state index in [1.165, 1.54) is 0 Å². The summed E-state index contributed by atoms with van der Waals surface area (Å²) in [7, 11) is 0. The Bertz CT molecular complexity index is 701. The number of aryl methyl sites for hydroxylation is 2. The zero-order valence-corrected chi connectivity index (χ0v) is 15.8. The zero-order valence-electron chi connectivity index (χ0n) is 15.8. The van der Waals surface area contributed by atoms with Crippen molar-refractivity contribution >= 4 is 11.9 Å². The minimum absolute atomic E-state index is 0.247. The van der Waals surface area contributed by atoms with Crippen molar-refractivity contribution in [1.29, 1.82) is 0 Å². The fourth-order valence-corrected chi connectivity index (χ4v) is 2.63. The Kier molecular flexibility index (Phi) is 6.96. The molecular weight excluding hydrogens is 328 g/mol. The molecule has 0 saturated carbocycles. The third kappa shape index (κ3) is 6.03. The molecule has 0 amide bonds.